The fraction of sp³-hybridized carbons (Fsp3) is 0.250. The first-order chi connectivity index (χ1) is 15.8. The second-order valence-corrected chi connectivity index (χ2v) is 7.60. The summed E-state index contributed by atoms with van der Waals surface area (Å²) in [7, 11) is 0. The van der Waals surface area contributed by atoms with Gasteiger partial charge in [-0.25, -0.2) is 4.98 Å². The molecule has 162 valence electrons. The normalized spacial score (nSPS) is 14.3. The fourth-order valence-electron chi connectivity index (χ4n) is 3.76. The van der Waals surface area contributed by atoms with Crippen LogP contribution in [0.3, 0.4) is 0 Å². The monoisotopic (exact) mass is 427 g/mol. The molecule has 0 radical (unpaired) electrons. The maximum absolute atomic E-state index is 5.54. The van der Waals surface area contributed by atoms with Crippen LogP contribution in [0.5, 0.6) is 0 Å². The minimum absolute atomic E-state index is 0.670. The number of nitrogens with zero attached hydrogens (tertiary/aromatic N) is 6. The number of nitrogens with one attached hydrogen (secondary N) is 1. The average Bonchev–Trinajstić information content (AvgIpc) is 3.29. The molecule has 1 fully saturated rings. The van der Waals surface area contributed by atoms with Gasteiger partial charge in [-0.3, -0.25) is 10.4 Å². The van der Waals surface area contributed by atoms with Crippen LogP contribution in [0.4, 0.5) is 11.6 Å². The smallest absolute Gasteiger partial charge is 0.160 e. The first kappa shape index (κ1) is 20.1. The highest BCUT2D eigenvalue weighted by molar-refractivity contribution is 5.80. The highest BCUT2D eigenvalue weighted by Gasteiger charge is 2.18. The van der Waals surface area contributed by atoms with E-state index in [2.05, 4.69) is 39.5 Å². The molecule has 0 spiro atoms. The van der Waals surface area contributed by atoms with E-state index in [9.17, 15) is 0 Å². The molecule has 0 unspecified atom stereocenters. The molecule has 0 atom stereocenters. The van der Waals surface area contributed by atoms with Crippen LogP contribution in [0.15, 0.2) is 66.0 Å². The number of rotatable bonds is 6. The van der Waals surface area contributed by atoms with Crippen LogP contribution in [0.1, 0.15) is 18.1 Å². The summed E-state index contributed by atoms with van der Waals surface area (Å²) in [5.41, 5.74) is 8.05. The number of aryl methyl sites for hydroxylation is 1. The van der Waals surface area contributed by atoms with Crippen molar-refractivity contribution in [2.75, 3.05) is 36.6 Å². The summed E-state index contributed by atoms with van der Waals surface area (Å²) in [5, 5.41) is 9.25. The molecule has 0 bridgehead atoms. The van der Waals surface area contributed by atoms with Gasteiger partial charge in [0, 0.05) is 43.2 Å². The highest BCUT2D eigenvalue weighted by Crippen LogP contribution is 2.25. The van der Waals surface area contributed by atoms with Crippen molar-refractivity contribution >= 4 is 23.5 Å². The quantitative estimate of drug-likeness (QED) is 0.374. The maximum atomic E-state index is 5.54. The molecule has 4 aromatic rings. The zero-order valence-corrected chi connectivity index (χ0v) is 18.0. The number of hydrogen-bond acceptors (Lipinski definition) is 7. The largest absolute Gasteiger partial charge is 0.378 e. The lowest BCUT2D eigenvalue weighted by molar-refractivity contribution is 0.122. The maximum Gasteiger partial charge on any atom is 0.160 e. The Hall–Kier alpha value is -3.78. The van der Waals surface area contributed by atoms with Crippen molar-refractivity contribution in [3.63, 3.8) is 0 Å². The van der Waals surface area contributed by atoms with Gasteiger partial charge in [0.15, 0.2) is 11.5 Å². The number of hydrazone groups is 1. The van der Waals surface area contributed by atoms with Gasteiger partial charge >= 0.3 is 0 Å². The van der Waals surface area contributed by atoms with Crippen molar-refractivity contribution in [2.45, 2.75) is 13.3 Å². The van der Waals surface area contributed by atoms with Gasteiger partial charge in [0.1, 0.15) is 5.82 Å². The molecule has 5 rings (SSSR count). The summed E-state index contributed by atoms with van der Waals surface area (Å²) in [4.78, 5) is 11.1. The summed E-state index contributed by atoms with van der Waals surface area (Å²) < 4.78 is 7.43. The van der Waals surface area contributed by atoms with E-state index < -0.39 is 0 Å². The number of ether oxygens (including phenoxy) is 1. The van der Waals surface area contributed by atoms with Gasteiger partial charge in [0.25, 0.3) is 0 Å². The van der Waals surface area contributed by atoms with Crippen LogP contribution in [-0.4, -0.2) is 52.1 Å². The zero-order chi connectivity index (χ0) is 21.8. The van der Waals surface area contributed by atoms with Crippen LogP contribution < -0.4 is 10.3 Å². The van der Waals surface area contributed by atoms with Gasteiger partial charge in [0.05, 0.1) is 25.1 Å². The minimum Gasteiger partial charge on any atom is -0.378 e. The second kappa shape index (κ2) is 9.15. The zero-order valence-electron chi connectivity index (χ0n) is 18.0. The van der Waals surface area contributed by atoms with Crippen molar-refractivity contribution in [3.8, 4) is 11.3 Å². The van der Waals surface area contributed by atoms with Crippen LogP contribution in [-0.2, 0) is 11.2 Å². The lowest BCUT2D eigenvalue weighted by atomic mass is 10.1. The predicted octanol–water partition coefficient (Wildman–Crippen LogP) is 3.64. The molecule has 1 N–H and O–H groups in total. The molecule has 4 heterocycles. The first-order valence-corrected chi connectivity index (χ1v) is 10.8. The van der Waals surface area contributed by atoms with Gasteiger partial charge in [-0.1, -0.05) is 31.2 Å². The second-order valence-electron chi connectivity index (χ2n) is 7.60. The van der Waals surface area contributed by atoms with Crippen molar-refractivity contribution < 1.29 is 4.74 Å². The number of pyridine rings is 1. The third-order valence-corrected chi connectivity index (χ3v) is 5.47. The Morgan fingerprint density at radius 1 is 1.09 bits per heavy atom. The van der Waals surface area contributed by atoms with Crippen LogP contribution >= 0.6 is 0 Å². The summed E-state index contributed by atoms with van der Waals surface area (Å²) in [6.07, 6.45) is 6.35. The number of anilines is 2. The molecule has 1 aromatic carbocycles. The van der Waals surface area contributed by atoms with Gasteiger partial charge in [0.2, 0.25) is 0 Å². The molecule has 8 nitrogen and oxygen atoms in total. The molecule has 0 amide bonds. The van der Waals surface area contributed by atoms with E-state index in [0.29, 0.717) is 19.0 Å². The lowest BCUT2D eigenvalue weighted by Gasteiger charge is -2.29. The van der Waals surface area contributed by atoms with Gasteiger partial charge < -0.3 is 9.64 Å². The highest BCUT2D eigenvalue weighted by atomic mass is 16.5. The number of morpholine rings is 1. The summed E-state index contributed by atoms with van der Waals surface area (Å²) >= 11 is 0. The van der Waals surface area contributed by atoms with E-state index in [1.807, 2.05) is 47.1 Å². The van der Waals surface area contributed by atoms with E-state index in [-0.39, 0.29) is 0 Å². The summed E-state index contributed by atoms with van der Waals surface area (Å²) in [6.45, 7) is 5.13. The first-order valence-electron chi connectivity index (χ1n) is 10.8. The Morgan fingerprint density at radius 3 is 2.75 bits per heavy atom. The Morgan fingerprint density at radius 2 is 1.94 bits per heavy atom. The van der Waals surface area contributed by atoms with Crippen LogP contribution in [0.25, 0.3) is 16.9 Å². The molecule has 0 saturated carbocycles. The van der Waals surface area contributed by atoms with E-state index in [0.717, 1.165) is 47.8 Å². The SMILES string of the molecule is CCc1cccc(/C=N/Nc2cc(N3CCOCC3)n3nc(-c4ccncc4)cc3n2)c1. The van der Waals surface area contributed by atoms with E-state index in [1.165, 1.54) is 5.56 Å². The Balaban J connectivity index is 1.48. The predicted molar refractivity (Wildman–Crippen MR) is 126 cm³/mol. The molecule has 0 aliphatic carbocycles. The van der Waals surface area contributed by atoms with Crippen LogP contribution in [0, 0.1) is 0 Å². The number of hydrogen-bond donors (Lipinski definition) is 1. The third-order valence-electron chi connectivity index (χ3n) is 5.47. The number of fused-ring (bicyclic) bond motifs is 1. The van der Waals surface area contributed by atoms with Crippen molar-refractivity contribution in [1.82, 2.24) is 19.6 Å². The molecule has 3 aromatic heterocycles. The van der Waals surface area contributed by atoms with Crippen molar-refractivity contribution in [3.05, 3.63) is 72.1 Å². The topological polar surface area (TPSA) is 79.9 Å². The Labute approximate surface area is 186 Å². The number of aromatic nitrogens is 4. The average molecular weight is 428 g/mol. The van der Waals surface area contributed by atoms with Gasteiger partial charge in [-0.15, -0.1) is 0 Å². The molecule has 1 aliphatic heterocycles. The third kappa shape index (κ3) is 4.31. The molecular weight excluding hydrogens is 402 g/mol. The van der Waals surface area contributed by atoms with E-state index >= 15 is 0 Å². The fourth-order valence-corrected chi connectivity index (χ4v) is 3.76. The van der Waals surface area contributed by atoms with Crippen molar-refractivity contribution in [2.24, 2.45) is 5.10 Å². The Bertz CT molecular complexity index is 1230. The molecule has 1 aliphatic rings. The molecule has 8 heteroatoms. The lowest BCUT2D eigenvalue weighted by Crippen LogP contribution is -2.37. The molecule has 32 heavy (non-hydrogen) atoms. The van der Waals surface area contributed by atoms with E-state index in [4.69, 9.17) is 14.8 Å². The van der Waals surface area contributed by atoms with Crippen molar-refractivity contribution in [1.29, 1.82) is 0 Å². The van der Waals surface area contributed by atoms with Crippen LogP contribution in [0.2, 0.25) is 0 Å². The van der Waals surface area contributed by atoms with E-state index in [1.54, 1.807) is 12.4 Å². The number of benzene rings is 1. The standard InChI is InChI=1S/C24H25N7O/c1-2-18-4-3-5-19(14-18)17-26-28-22-16-24(30-10-12-32-13-11-30)31-23(27-22)15-21(29-31)20-6-8-25-9-7-20/h3-9,14-17H,2,10-13H2,1H3,(H,27,28)/b26-17+. The summed E-state index contributed by atoms with van der Waals surface area (Å²) in [6, 6.07) is 16.2. The van der Waals surface area contributed by atoms with Gasteiger partial charge in [-0.05, 0) is 29.7 Å². The molecular formula is C24H25N7O. The summed E-state index contributed by atoms with van der Waals surface area (Å²) in [5.74, 6) is 1.63. The minimum atomic E-state index is 0.670. The molecule has 1 saturated heterocycles. The Kier molecular flexibility index (Phi) is 5.76. The van der Waals surface area contributed by atoms with Gasteiger partial charge in [-0.2, -0.15) is 14.7 Å².